The smallest absolute Gasteiger partial charge is 0.329 e. The number of aliphatic carboxylic acids is 1. The summed E-state index contributed by atoms with van der Waals surface area (Å²) in [6, 6.07) is 11.1. The Morgan fingerprint density at radius 1 is 1.16 bits per heavy atom. The number of carbonyl (C=O) groups is 1. The van der Waals surface area contributed by atoms with Crippen molar-refractivity contribution in [2.24, 2.45) is 7.05 Å². The fourth-order valence-electron chi connectivity index (χ4n) is 4.68. The molecule has 0 spiro atoms. The number of anilines is 1. The van der Waals surface area contributed by atoms with Gasteiger partial charge >= 0.3 is 11.7 Å². The monoisotopic (exact) mass is 420 g/mol. The Labute approximate surface area is 180 Å². The van der Waals surface area contributed by atoms with Gasteiger partial charge in [-0.05, 0) is 48.7 Å². The zero-order valence-electron chi connectivity index (χ0n) is 18.1. The summed E-state index contributed by atoms with van der Waals surface area (Å²) >= 11 is 0. The molecule has 1 atom stereocenters. The van der Waals surface area contributed by atoms with Crippen molar-refractivity contribution in [1.29, 1.82) is 0 Å². The number of aryl methyl sites for hydroxylation is 2. The third-order valence-corrected chi connectivity index (χ3v) is 6.01. The number of rotatable bonds is 7. The minimum absolute atomic E-state index is 0.0926. The van der Waals surface area contributed by atoms with Gasteiger partial charge in [0.25, 0.3) is 0 Å². The second kappa shape index (κ2) is 7.98. The Bertz CT molecular complexity index is 1340. The van der Waals surface area contributed by atoms with Crippen molar-refractivity contribution < 1.29 is 9.90 Å². The first-order valence-corrected chi connectivity index (χ1v) is 10.6. The first-order valence-electron chi connectivity index (χ1n) is 10.6. The van der Waals surface area contributed by atoms with E-state index in [-0.39, 0.29) is 12.1 Å². The van der Waals surface area contributed by atoms with Crippen LogP contribution in [0.5, 0.6) is 0 Å². The molecule has 7 heteroatoms. The van der Waals surface area contributed by atoms with Crippen LogP contribution in [-0.4, -0.2) is 24.8 Å². The lowest BCUT2D eigenvalue weighted by molar-refractivity contribution is -0.137. The fraction of sp³-hybridized carbons (Fsp3) is 0.333. The number of imidazole rings is 1. The van der Waals surface area contributed by atoms with Crippen LogP contribution in [0.15, 0.2) is 47.4 Å². The van der Waals surface area contributed by atoms with Crippen molar-refractivity contribution in [2.45, 2.75) is 45.7 Å². The molecular weight excluding hydrogens is 392 g/mol. The van der Waals surface area contributed by atoms with Gasteiger partial charge in [-0.25, -0.2) is 4.79 Å². The van der Waals surface area contributed by atoms with E-state index in [0.717, 1.165) is 39.5 Å². The minimum atomic E-state index is -0.911. The lowest BCUT2D eigenvalue weighted by Crippen LogP contribution is -2.29. The van der Waals surface area contributed by atoms with Crippen LogP contribution in [0.25, 0.3) is 21.9 Å². The summed E-state index contributed by atoms with van der Waals surface area (Å²) in [5.41, 5.74) is 11.2. The molecule has 0 amide bonds. The number of benzene rings is 2. The van der Waals surface area contributed by atoms with Crippen molar-refractivity contribution in [3.63, 3.8) is 0 Å². The first kappa shape index (κ1) is 20.8. The number of nitrogens with zero attached hydrogens (tertiary/aromatic N) is 3. The number of nitrogens with two attached hydrogens (primary N) is 1. The Hall–Kier alpha value is -3.48. The number of aromatic nitrogens is 3. The molecule has 162 valence electrons. The van der Waals surface area contributed by atoms with Crippen molar-refractivity contribution in [3.05, 3.63) is 64.2 Å². The number of carboxylic acids is 1. The fourth-order valence-corrected chi connectivity index (χ4v) is 4.68. The minimum Gasteiger partial charge on any atom is -0.481 e. The Morgan fingerprint density at radius 2 is 1.94 bits per heavy atom. The topological polar surface area (TPSA) is 95.2 Å². The molecule has 4 rings (SSSR count). The zero-order chi connectivity index (χ0) is 22.3. The van der Waals surface area contributed by atoms with Gasteiger partial charge in [-0.1, -0.05) is 25.5 Å². The van der Waals surface area contributed by atoms with Crippen LogP contribution in [0.1, 0.15) is 43.4 Å². The average molecular weight is 421 g/mol. The molecule has 0 bridgehead atoms. The second-order valence-corrected chi connectivity index (χ2v) is 8.26. The van der Waals surface area contributed by atoms with Gasteiger partial charge in [0, 0.05) is 35.9 Å². The molecule has 0 aliphatic heterocycles. The van der Waals surface area contributed by atoms with Crippen LogP contribution in [-0.2, 0) is 18.4 Å². The van der Waals surface area contributed by atoms with E-state index in [1.165, 1.54) is 0 Å². The number of nitrogen functional groups attached to an aromatic ring is 1. The molecule has 7 nitrogen and oxygen atoms in total. The van der Waals surface area contributed by atoms with E-state index in [4.69, 9.17) is 5.73 Å². The van der Waals surface area contributed by atoms with Crippen LogP contribution in [0.3, 0.4) is 0 Å². The van der Waals surface area contributed by atoms with E-state index in [1.54, 1.807) is 21.3 Å². The van der Waals surface area contributed by atoms with Crippen LogP contribution in [0, 0.1) is 6.92 Å². The Morgan fingerprint density at radius 3 is 2.65 bits per heavy atom. The number of fused-ring (bicyclic) bond motifs is 2. The van der Waals surface area contributed by atoms with Gasteiger partial charge in [-0.3, -0.25) is 13.9 Å². The maximum absolute atomic E-state index is 13.6. The SMILES string of the molecule is CCCC(CC(=O)O)n1c(=O)n(Cc2cn(C)c3cccc(C)c23)c2cc(N)ccc21. The summed E-state index contributed by atoms with van der Waals surface area (Å²) in [7, 11) is 2.00. The zero-order valence-corrected chi connectivity index (χ0v) is 18.1. The molecule has 31 heavy (non-hydrogen) atoms. The standard InChI is InChI=1S/C24H28N4O3/c1-4-6-18(12-22(29)30)28-19-10-9-17(25)11-21(19)27(24(28)31)14-16-13-26(3)20-8-5-7-15(2)23(16)20/h5,7-11,13,18H,4,6,12,14,25H2,1-3H3,(H,29,30). The van der Waals surface area contributed by atoms with Crippen LogP contribution in [0.4, 0.5) is 5.69 Å². The van der Waals surface area contributed by atoms with E-state index < -0.39 is 12.0 Å². The summed E-state index contributed by atoms with van der Waals surface area (Å²) in [5.74, 6) is -0.911. The van der Waals surface area contributed by atoms with Gasteiger partial charge in [0.2, 0.25) is 0 Å². The maximum Gasteiger partial charge on any atom is 0.329 e. The summed E-state index contributed by atoms with van der Waals surface area (Å²) < 4.78 is 5.43. The summed E-state index contributed by atoms with van der Waals surface area (Å²) in [6.45, 7) is 4.45. The lowest BCUT2D eigenvalue weighted by atomic mass is 10.1. The molecular formula is C24H28N4O3. The maximum atomic E-state index is 13.6. The van der Waals surface area contributed by atoms with E-state index in [1.807, 2.05) is 26.1 Å². The molecule has 1 unspecified atom stereocenters. The van der Waals surface area contributed by atoms with Crippen molar-refractivity contribution in [1.82, 2.24) is 13.7 Å². The van der Waals surface area contributed by atoms with E-state index in [0.29, 0.717) is 18.7 Å². The highest BCUT2D eigenvalue weighted by atomic mass is 16.4. The van der Waals surface area contributed by atoms with Crippen LogP contribution < -0.4 is 11.4 Å². The van der Waals surface area contributed by atoms with E-state index >= 15 is 0 Å². The first-order chi connectivity index (χ1) is 14.8. The summed E-state index contributed by atoms with van der Waals surface area (Å²) in [4.78, 5) is 25.1. The average Bonchev–Trinajstić information content (AvgIpc) is 3.17. The third-order valence-electron chi connectivity index (χ3n) is 6.01. The normalized spacial score (nSPS) is 12.6. The molecule has 4 aromatic rings. The highest BCUT2D eigenvalue weighted by Crippen LogP contribution is 2.28. The summed E-state index contributed by atoms with van der Waals surface area (Å²) in [6.07, 6.45) is 3.36. The predicted molar refractivity (Wildman–Crippen MR) is 124 cm³/mol. The van der Waals surface area contributed by atoms with Crippen molar-refractivity contribution >= 4 is 33.6 Å². The Balaban J connectivity index is 1.93. The number of carboxylic acid groups (broad SMARTS) is 1. The molecule has 0 saturated heterocycles. The molecule has 0 aliphatic rings. The molecule has 0 aliphatic carbocycles. The van der Waals surface area contributed by atoms with Gasteiger partial charge in [0.05, 0.1) is 24.0 Å². The summed E-state index contributed by atoms with van der Waals surface area (Å²) in [5, 5.41) is 10.6. The number of hydrogen-bond acceptors (Lipinski definition) is 3. The van der Waals surface area contributed by atoms with Crippen LogP contribution >= 0.6 is 0 Å². The quantitative estimate of drug-likeness (QED) is 0.441. The van der Waals surface area contributed by atoms with E-state index in [2.05, 4.69) is 29.8 Å². The molecule has 2 aromatic carbocycles. The molecule has 3 N–H and O–H groups in total. The lowest BCUT2D eigenvalue weighted by Gasteiger charge is -2.16. The van der Waals surface area contributed by atoms with Gasteiger partial charge in [0.15, 0.2) is 0 Å². The molecule has 2 heterocycles. The highest BCUT2D eigenvalue weighted by molar-refractivity contribution is 5.87. The van der Waals surface area contributed by atoms with Crippen molar-refractivity contribution in [3.8, 4) is 0 Å². The largest absolute Gasteiger partial charge is 0.481 e. The Kier molecular flexibility index (Phi) is 5.35. The number of hydrogen-bond donors (Lipinski definition) is 2. The highest BCUT2D eigenvalue weighted by Gasteiger charge is 2.23. The van der Waals surface area contributed by atoms with E-state index in [9.17, 15) is 14.7 Å². The van der Waals surface area contributed by atoms with Gasteiger partial charge in [0.1, 0.15) is 0 Å². The molecule has 0 radical (unpaired) electrons. The van der Waals surface area contributed by atoms with Gasteiger partial charge in [-0.2, -0.15) is 0 Å². The van der Waals surface area contributed by atoms with Gasteiger partial charge in [-0.15, -0.1) is 0 Å². The second-order valence-electron chi connectivity index (χ2n) is 8.26. The van der Waals surface area contributed by atoms with Gasteiger partial charge < -0.3 is 15.4 Å². The molecule has 0 fully saturated rings. The van der Waals surface area contributed by atoms with Crippen molar-refractivity contribution in [2.75, 3.05) is 5.73 Å². The third kappa shape index (κ3) is 3.60. The predicted octanol–water partition coefficient (Wildman–Crippen LogP) is 4.05. The molecule has 2 aromatic heterocycles. The van der Waals surface area contributed by atoms with Crippen LogP contribution in [0.2, 0.25) is 0 Å². The molecule has 0 saturated carbocycles.